The lowest BCUT2D eigenvalue weighted by atomic mass is 10.0. The molecular weight excluding hydrogens is 317 g/mol. The number of nitrogens with zero attached hydrogens (tertiary/aromatic N) is 2. The van der Waals surface area contributed by atoms with Crippen LogP contribution in [-0.4, -0.2) is 43.6 Å². The Kier molecular flexibility index (Phi) is 6.48. The van der Waals surface area contributed by atoms with Gasteiger partial charge in [0.05, 0.1) is 11.6 Å². The summed E-state index contributed by atoms with van der Waals surface area (Å²) >= 11 is 0. The van der Waals surface area contributed by atoms with E-state index in [4.69, 9.17) is 0 Å². The van der Waals surface area contributed by atoms with Gasteiger partial charge in [-0.3, -0.25) is 9.89 Å². The average Bonchev–Trinajstić information content (AvgIpc) is 2.59. The number of hydrogen-bond donors (Lipinski definition) is 2. The topological polar surface area (TPSA) is 39.7 Å². The highest BCUT2D eigenvalue weighted by Gasteiger charge is 2.30. The molecule has 2 N–H and O–H groups in total. The average molecular weight is 342 g/mol. The van der Waals surface area contributed by atoms with Gasteiger partial charge in [-0.2, -0.15) is 13.2 Å². The molecule has 1 aromatic rings. The summed E-state index contributed by atoms with van der Waals surface area (Å²) in [4.78, 5) is 6.60. The maximum absolute atomic E-state index is 12.8. The van der Waals surface area contributed by atoms with Gasteiger partial charge in [-0.25, -0.2) is 0 Å². The highest BCUT2D eigenvalue weighted by Crippen LogP contribution is 2.30. The Hall–Kier alpha value is -1.76. The number of guanidine groups is 1. The first-order chi connectivity index (χ1) is 11.5. The molecule has 2 rings (SSSR count). The number of likely N-dealkylation sites (N-methyl/N-ethyl adjacent to an activating group) is 1. The van der Waals surface area contributed by atoms with Gasteiger partial charge < -0.3 is 10.6 Å². The summed E-state index contributed by atoms with van der Waals surface area (Å²) in [6, 6.07) is 5.45. The molecule has 1 aromatic carbocycles. The van der Waals surface area contributed by atoms with E-state index < -0.39 is 11.7 Å². The Balaban J connectivity index is 2.14. The molecule has 1 aliphatic rings. The normalized spacial score (nSPS) is 16.5. The summed E-state index contributed by atoms with van der Waals surface area (Å²) in [5, 5.41) is 6.49. The summed E-state index contributed by atoms with van der Waals surface area (Å²) in [5.41, 5.74) is 0.256. The van der Waals surface area contributed by atoms with Gasteiger partial charge in [0.1, 0.15) is 0 Å². The number of benzene rings is 1. The Bertz CT molecular complexity index is 536. The van der Waals surface area contributed by atoms with Gasteiger partial charge in [0.25, 0.3) is 0 Å². The number of aliphatic imine (C=N–C) groups is 1. The fourth-order valence-corrected chi connectivity index (χ4v) is 2.86. The predicted molar refractivity (Wildman–Crippen MR) is 90.0 cm³/mol. The van der Waals surface area contributed by atoms with E-state index >= 15 is 0 Å². The minimum atomic E-state index is -4.30. The van der Waals surface area contributed by atoms with Gasteiger partial charge >= 0.3 is 6.18 Å². The van der Waals surface area contributed by atoms with Crippen molar-refractivity contribution in [3.63, 3.8) is 0 Å². The summed E-state index contributed by atoms with van der Waals surface area (Å²) in [7, 11) is 0. The molecule has 0 aromatic heterocycles. The Labute approximate surface area is 141 Å². The minimum Gasteiger partial charge on any atom is -0.356 e. The molecule has 0 saturated carbocycles. The van der Waals surface area contributed by atoms with Crippen LogP contribution in [-0.2, 0) is 6.18 Å². The zero-order chi connectivity index (χ0) is 17.6. The molecule has 0 radical (unpaired) electrons. The van der Waals surface area contributed by atoms with E-state index in [0.717, 1.165) is 56.3 Å². The molecule has 0 fully saturated rings. The Morgan fingerprint density at radius 2 is 1.88 bits per heavy atom. The number of alkyl halides is 3. The van der Waals surface area contributed by atoms with E-state index in [-0.39, 0.29) is 6.04 Å². The van der Waals surface area contributed by atoms with Crippen LogP contribution in [0.3, 0.4) is 0 Å². The summed E-state index contributed by atoms with van der Waals surface area (Å²) < 4.78 is 38.3. The van der Waals surface area contributed by atoms with Crippen molar-refractivity contribution in [2.24, 2.45) is 4.99 Å². The number of hydrogen-bond acceptors (Lipinski definition) is 4. The van der Waals surface area contributed by atoms with E-state index in [1.165, 1.54) is 0 Å². The van der Waals surface area contributed by atoms with Crippen molar-refractivity contribution in [1.82, 2.24) is 15.5 Å². The molecule has 1 heterocycles. The zero-order valence-corrected chi connectivity index (χ0v) is 14.2. The predicted octanol–water partition coefficient (Wildman–Crippen LogP) is 3.03. The molecule has 134 valence electrons. The molecule has 1 unspecified atom stereocenters. The largest absolute Gasteiger partial charge is 0.416 e. The summed E-state index contributed by atoms with van der Waals surface area (Å²) in [6.45, 7) is 8.04. The first-order valence-electron chi connectivity index (χ1n) is 8.39. The maximum atomic E-state index is 12.8. The van der Waals surface area contributed by atoms with Gasteiger partial charge in [0, 0.05) is 19.6 Å². The first-order valence-corrected chi connectivity index (χ1v) is 8.39. The molecule has 0 saturated heterocycles. The molecule has 7 heteroatoms. The molecular formula is C17H25F3N4. The molecule has 0 spiro atoms. The van der Waals surface area contributed by atoms with E-state index in [1.807, 2.05) is 0 Å². The van der Waals surface area contributed by atoms with Crippen molar-refractivity contribution < 1.29 is 13.2 Å². The highest BCUT2D eigenvalue weighted by atomic mass is 19.4. The summed E-state index contributed by atoms with van der Waals surface area (Å²) in [6.07, 6.45) is -3.29. The third-order valence-corrected chi connectivity index (χ3v) is 4.24. The van der Waals surface area contributed by atoms with E-state index in [2.05, 4.69) is 34.4 Å². The third-order valence-electron chi connectivity index (χ3n) is 4.24. The lowest BCUT2D eigenvalue weighted by Crippen LogP contribution is -2.45. The third kappa shape index (κ3) is 4.87. The second kappa shape index (κ2) is 8.37. The van der Waals surface area contributed by atoms with Crippen LogP contribution in [0, 0.1) is 0 Å². The van der Waals surface area contributed by atoms with Crippen LogP contribution in [0.25, 0.3) is 0 Å². The van der Waals surface area contributed by atoms with Gasteiger partial charge in [-0.15, -0.1) is 0 Å². The Morgan fingerprint density at radius 3 is 2.38 bits per heavy atom. The molecule has 1 aliphatic heterocycles. The lowest BCUT2D eigenvalue weighted by molar-refractivity contribution is -0.137. The molecule has 4 nitrogen and oxygen atoms in total. The van der Waals surface area contributed by atoms with Crippen molar-refractivity contribution in [3.05, 3.63) is 35.4 Å². The van der Waals surface area contributed by atoms with Gasteiger partial charge in [-0.1, -0.05) is 26.0 Å². The smallest absolute Gasteiger partial charge is 0.356 e. The molecule has 0 bridgehead atoms. The molecule has 1 atom stereocenters. The van der Waals surface area contributed by atoms with Crippen molar-refractivity contribution in [1.29, 1.82) is 0 Å². The lowest BCUT2D eigenvalue weighted by Gasteiger charge is -2.31. The van der Waals surface area contributed by atoms with Crippen LogP contribution in [0.15, 0.2) is 29.3 Å². The second-order valence-corrected chi connectivity index (χ2v) is 5.75. The van der Waals surface area contributed by atoms with E-state index in [9.17, 15) is 13.2 Å². The van der Waals surface area contributed by atoms with Crippen LogP contribution < -0.4 is 10.6 Å². The van der Waals surface area contributed by atoms with Crippen molar-refractivity contribution in [2.75, 3.05) is 32.7 Å². The van der Waals surface area contributed by atoms with E-state index in [0.29, 0.717) is 6.54 Å². The van der Waals surface area contributed by atoms with E-state index in [1.54, 1.807) is 12.1 Å². The van der Waals surface area contributed by atoms with Crippen molar-refractivity contribution in [2.45, 2.75) is 32.5 Å². The van der Waals surface area contributed by atoms with Gasteiger partial charge in [0.2, 0.25) is 0 Å². The van der Waals surface area contributed by atoms with Gasteiger partial charge in [-0.05, 0) is 37.2 Å². The number of rotatable bonds is 6. The minimum absolute atomic E-state index is 0.00582. The second-order valence-electron chi connectivity index (χ2n) is 5.75. The zero-order valence-electron chi connectivity index (χ0n) is 14.2. The SMILES string of the molecule is CCN(CC)C(CNC1=NCCCN1)c1ccc(C(F)(F)F)cc1. The summed E-state index contributed by atoms with van der Waals surface area (Å²) in [5.74, 6) is 0.769. The number of nitrogens with one attached hydrogen (secondary N) is 2. The number of halogens is 3. The van der Waals surface area contributed by atoms with Crippen LogP contribution in [0.2, 0.25) is 0 Å². The van der Waals surface area contributed by atoms with Crippen LogP contribution in [0.1, 0.15) is 37.4 Å². The van der Waals surface area contributed by atoms with Crippen LogP contribution >= 0.6 is 0 Å². The molecule has 0 amide bonds. The van der Waals surface area contributed by atoms with Crippen LogP contribution in [0.4, 0.5) is 13.2 Å². The fraction of sp³-hybridized carbons (Fsp3) is 0.588. The molecule has 24 heavy (non-hydrogen) atoms. The maximum Gasteiger partial charge on any atom is 0.416 e. The fourth-order valence-electron chi connectivity index (χ4n) is 2.86. The highest BCUT2D eigenvalue weighted by molar-refractivity contribution is 5.80. The first kappa shape index (κ1) is 18.6. The van der Waals surface area contributed by atoms with Gasteiger partial charge in [0.15, 0.2) is 5.96 Å². The monoisotopic (exact) mass is 342 g/mol. The van der Waals surface area contributed by atoms with Crippen molar-refractivity contribution >= 4 is 5.96 Å². The Morgan fingerprint density at radius 1 is 1.21 bits per heavy atom. The standard InChI is InChI=1S/C17H25F3N4/c1-3-24(4-2)15(12-23-16-21-10-5-11-22-16)13-6-8-14(9-7-13)17(18,19)20/h6-9,15H,3-5,10-12H2,1-2H3,(H2,21,22,23). The van der Waals surface area contributed by atoms with Crippen molar-refractivity contribution in [3.8, 4) is 0 Å². The van der Waals surface area contributed by atoms with Crippen LogP contribution in [0.5, 0.6) is 0 Å². The quantitative estimate of drug-likeness (QED) is 0.835. The molecule has 0 aliphatic carbocycles.